The summed E-state index contributed by atoms with van der Waals surface area (Å²) in [5.74, 6) is 0. The Kier molecular flexibility index (Phi) is 5.38. The molecule has 3 heteroatoms. The number of rotatable bonds is 3. The molecule has 0 N–H and O–H groups in total. The van der Waals surface area contributed by atoms with Crippen molar-refractivity contribution < 1.29 is 8.83 Å². The van der Waals surface area contributed by atoms with Gasteiger partial charge < -0.3 is 13.4 Å². The number of fused-ring (bicyclic) bond motifs is 10. The van der Waals surface area contributed by atoms with Crippen molar-refractivity contribution in [2.24, 2.45) is 0 Å². The molecule has 0 saturated heterocycles. The van der Waals surface area contributed by atoms with E-state index in [2.05, 4.69) is 150 Å². The standard InChI is InChI=1S/C46H27NO2/c1-2-12-29(13-3-1)47-39-20-10-8-14-30(39)37-26-28(22-23-40(37)47)43-31-15-4-6-17-33(31)44(34-18-7-5-16-32(34)43)38-27-42-45(36-24-25-48-46(36)38)35-19-9-11-21-41(35)49-42/h1-27H. The quantitative estimate of drug-likeness (QED) is 0.183. The van der Waals surface area contributed by atoms with Gasteiger partial charge in [-0.3, -0.25) is 0 Å². The lowest BCUT2D eigenvalue weighted by Crippen LogP contribution is -1.93. The third-order valence-corrected chi connectivity index (χ3v) is 10.3. The third-order valence-electron chi connectivity index (χ3n) is 10.3. The normalized spacial score (nSPS) is 12.1. The average Bonchev–Trinajstić information content (AvgIpc) is 3.88. The third kappa shape index (κ3) is 3.67. The Balaban J connectivity index is 1.23. The van der Waals surface area contributed by atoms with Gasteiger partial charge in [-0.2, -0.15) is 0 Å². The zero-order chi connectivity index (χ0) is 32.1. The van der Waals surface area contributed by atoms with Crippen LogP contribution in [0.3, 0.4) is 0 Å². The summed E-state index contributed by atoms with van der Waals surface area (Å²) in [6, 6.07) is 56.4. The van der Waals surface area contributed by atoms with Crippen molar-refractivity contribution in [3.8, 4) is 27.9 Å². The van der Waals surface area contributed by atoms with Crippen LogP contribution in [0, 0.1) is 0 Å². The Labute approximate surface area is 280 Å². The summed E-state index contributed by atoms with van der Waals surface area (Å²) in [5.41, 5.74) is 10.8. The molecular weight excluding hydrogens is 599 g/mol. The summed E-state index contributed by atoms with van der Waals surface area (Å²) in [6.07, 6.45) is 1.80. The predicted molar refractivity (Wildman–Crippen MR) is 204 cm³/mol. The van der Waals surface area contributed by atoms with Crippen molar-refractivity contribution in [2.45, 2.75) is 0 Å². The molecule has 3 heterocycles. The first-order valence-electron chi connectivity index (χ1n) is 16.7. The minimum absolute atomic E-state index is 0.864. The summed E-state index contributed by atoms with van der Waals surface area (Å²) in [4.78, 5) is 0. The van der Waals surface area contributed by atoms with Crippen LogP contribution in [0.2, 0.25) is 0 Å². The summed E-state index contributed by atoms with van der Waals surface area (Å²) in [6.45, 7) is 0. The Bertz CT molecular complexity index is 3050. The van der Waals surface area contributed by atoms with Crippen LogP contribution in [0.4, 0.5) is 0 Å². The van der Waals surface area contributed by atoms with E-state index in [4.69, 9.17) is 8.83 Å². The van der Waals surface area contributed by atoms with Crippen molar-refractivity contribution in [3.63, 3.8) is 0 Å². The van der Waals surface area contributed by atoms with Gasteiger partial charge in [0.2, 0.25) is 0 Å². The molecule has 11 aromatic rings. The minimum Gasteiger partial charge on any atom is -0.464 e. The highest BCUT2D eigenvalue weighted by molar-refractivity contribution is 6.27. The molecule has 0 spiro atoms. The second kappa shape index (κ2) is 9.96. The van der Waals surface area contributed by atoms with E-state index in [1.165, 1.54) is 54.5 Å². The molecule has 0 aliphatic carbocycles. The first-order chi connectivity index (χ1) is 24.3. The van der Waals surface area contributed by atoms with Gasteiger partial charge in [0, 0.05) is 43.7 Å². The molecule has 3 aromatic heterocycles. The maximum atomic E-state index is 6.48. The van der Waals surface area contributed by atoms with E-state index in [9.17, 15) is 0 Å². The molecule has 8 aromatic carbocycles. The number of hydrogen-bond acceptors (Lipinski definition) is 2. The number of para-hydroxylation sites is 3. The Morgan fingerprint density at radius 2 is 1.02 bits per heavy atom. The minimum atomic E-state index is 0.864. The van der Waals surface area contributed by atoms with Crippen molar-refractivity contribution in [3.05, 3.63) is 164 Å². The van der Waals surface area contributed by atoms with E-state index in [0.29, 0.717) is 0 Å². The SMILES string of the molecule is c1ccc(-n2c3ccccc3c3cc(-c4c5ccccc5c(-c5cc6oc7ccccc7c6c6ccoc56)c5ccccc45)ccc32)cc1. The van der Waals surface area contributed by atoms with Crippen LogP contribution in [-0.2, 0) is 0 Å². The highest BCUT2D eigenvalue weighted by atomic mass is 16.3. The van der Waals surface area contributed by atoms with Crippen LogP contribution in [0.15, 0.2) is 173 Å². The lowest BCUT2D eigenvalue weighted by atomic mass is 9.85. The van der Waals surface area contributed by atoms with Crippen LogP contribution in [0.5, 0.6) is 0 Å². The molecule has 0 aliphatic rings. The fourth-order valence-electron chi connectivity index (χ4n) is 8.25. The maximum Gasteiger partial charge on any atom is 0.142 e. The van der Waals surface area contributed by atoms with Gasteiger partial charge in [0.05, 0.1) is 17.3 Å². The van der Waals surface area contributed by atoms with Gasteiger partial charge >= 0.3 is 0 Å². The first kappa shape index (κ1) is 26.5. The van der Waals surface area contributed by atoms with Crippen LogP contribution < -0.4 is 0 Å². The van der Waals surface area contributed by atoms with Gasteiger partial charge in [-0.25, -0.2) is 0 Å². The Morgan fingerprint density at radius 3 is 1.78 bits per heavy atom. The number of furan rings is 2. The molecule has 228 valence electrons. The fraction of sp³-hybridized carbons (Fsp3) is 0. The molecule has 0 bridgehead atoms. The zero-order valence-corrected chi connectivity index (χ0v) is 26.4. The van der Waals surface area contributed by atoms with Crippen molar-refractivity contribution in [1.82, 2.24) is 4.57 Å². The summed E-state index contributed by atoms with van der Waals surface area (Å²) < 4.78 is 15.2. The van der Waals surface area contributed by atoms with Gasteiger partial charge in [-0.05, 0) is 81.2 Å². The Morgan fingerprint density at radius 1 is 0.408 bits per heavy atom. The lowest BCUT2D eigenvalue weighted by molar-refractivity contribution is 0.616. The smallest absolute Gasteiger partial charge is 0.142 e. The average molecular weight is 626 g/mol. The number of nitrogens with zero attached hydrogens (tertiary/aromatic N) is 1. The molecule has 0 saturated carbocycles. The molecular formula is C46H27NO2. The highest BCUT2D eigenvalue weighted by Crippen LogP contribution is 2.48. The predicted octanol–water partition coefficient (Wildman–Crippen LogP) is 13.1. The lowest BCUT2D eigenvalue weighted by Gasteiger charge is -2.18. The van der Waals surface area contributed by atoms with E-state index in [1.807, 2.05) is 12.1 Å². The molecule has 0 atom stereocenters. The molecule has 49 heavy (non-hydrogen) atoms. The van der Waals surface area contributed by atoms with E-state index in [0.717, 1.165) is 49.7 Å². The van der Waals surface area contributed by atoms with Gasteiger partial charge in [0.1, 0.15) is 16.7 Å². The molecule has 0 fully saturated rings. The van der Waals surface area contributed by atoms with Gasteiger partial charge in [0.15, 0.2) is 0 Å². The van der Waals surface area contributed by atoms with Crippen molar-refractivity contribution in [2.75, 3.05) is 0 Å². The summed E-state index contributed by atoms with van der Waals surface area (Å²) >= 11 is 0. The van der Waals surface area contributed by atoms with Crippen LogP contribution in [0.1, 0.15) is 0 Å². The first-order valence-corrected chi connectivity index (χ1v) is 16.7. The fourth-order valence-corrected chi connectivity index (χ4v) is 8.25. The zero-order valence-electron chi connectivity index (χ0n) is 26.4. The largest absolute Gasteiger partial charge is 0.464 e. The van der Waals surface area contributed by atoms with E-state index < -0.39 is 0 Å². The molecule has 0 amide bonds. The van der Waals surface area contributed by atoms with E-state index in [1.54, 1.807) is 6.26 Å². The van der Waals surface area contributed by atoms with Gasteiger partial charge in [-0.1, -0.05) is 109 Å². The van der Waals surface area contributed by atoms with Gasteiger partial charge in [-0.15, -0.1) is 0 Å². The number of hydrogen-bond donors (Lipinski definition) is 0. The topological polar surface area (TPSA) is 31.2 Å². The maximum absolute atomic E-state index is 6.48. The summed E-state index contributed by atoms with van der Waals surface area (Å²) in [5, 5.41) is 10.5. The number of benzene rings is 8. The molecule has 0 unspecified atom stereocenters. The molecule has 3 nitrogen and oxygen atoms in total. The summed E-state index contributed by atoms with van der Waals surface area (Å²) in [7, 11) is 0. The van der Waals surface area contributed by atoms with E-state index in [-0.39, 0.29) is 0 Å². The van der Waals surface area contributed by atoms with Crippen molar-refractivity contribution in [1.29, 1.82) is 0 Å². The molecule has 0 aliphatic heterocycles. The van der Waals surface area contributed by atoms with Crippen LogP contribution in [-0.4, -0.2) is 4.57 Å². The molecule has 11 rings (SSSR count). The van der Waals surface area contributed by atoms with Gasteiger partial charge in [0.25, 0.3) is 0 Å². The molecule has 0 radical (unpaired) electrons. The second-order valence-corrected chi connectivity index (χ2v) is 12.8. The van der Waals surface area contributed by atoms with Crippen LogP contribution in [0.25, 0.3) is 104 Å². The van der Waals surface area contributed by atoms with Crippen molar-refractivity contribution >= 4 is 76.3 Å². The van der Waals surface area contributed by atoms with Crippen LogP contribution >= 0.6 is 0 Å². The monoisotopic (exact) mass is 625 g/mol. The van der Waals surface area contributed by atoms with E-state index >= 15 is 0 Å². The highest BCUT2D eigenvalue weighted by Gasteiger charge is 2.23. The number of aromatic nitrogens is 1. The second-order valence-electron chi connectivity index (χ2n) is 12.8. The Hall–Kier alpha value is -6.58.